The number of ether oxygens (including phenoxy) is 1. The maximum absolute atomic E-state index is 13.7. The Kier molecular flexibility index (Phi) is 5.61. The fourth-order valence-electron chi connectivity index (χ4n) is 3.19. The van der Waals surface area contributed by atoms with Gasteiger partial charge in [-0.15, -0.1) is 0 Å². The first-order valence-corrected chi connectivity index (χ1v) is 9.81. The molecule has 30 heavy (non-hydrogen) atoms. The van der Waals surface area contributed by atoms with Gasteiger partial charge in [0.1, 0.15) is 0 Å². The topological polar surface area (TPSA) is 68.5 Å². The van der Waals surface area contributed by atoms with Crippen molar-refractivity contribution in [1.29, 1.82) is 0 Å². The Balaban J connectivity index is 1.72. The molecular weight excluding hydrogens is 444 g/mol. The number of halogens is 5. The molecular formula is C19H15Cl2F3N4O2. The monoisotopic (exact) mass is 458 g/mol. The number of carbonyl (C=O) groups is 1. The molecule has 4 rings (SSSR count). The van der Waals surface area contributed by atoms with E-state index >= 15 is 0 Å². The Morgan fingerprint density at radius 1 is 1.23 bits per heavy atom. The maximum atomic E-state index is 13.7. The molecule has 1 saturated heterocycles. The summed E-state index contributed by atoms with van der Waals surface area (Å²) in [6.07, 6.45) is -3.09. The molecule has 0 unspecified atom stereocenters. The van der Waals surface area contributed by atoms with Crippen LogP contribution in [-0.2, 0) is 10.9 Å². The lowest BCUT2D eigenvalue weighted by Crippen LogP contribution is -2.32. The van der Waals surface area contributed by atoms with Gasteiger partial charge in [-0.05, 0) is 31.0 Å². The summed E-state index contributed by atoms with van der Waals surface area (Å²) in [7, 11) is 0. The van der Waals surface area contributed by atoms with Gasteiger partial charge in [-0.3, -0.25) is 4.79 Å². The smallest absolute Gasteiger partial charge is 0.376 e. The first-order valence-electron chi connectivity index (χ1n) is 9.05. The van der Waals surface area contributed by atoms with Crippen LogP contribution in [0.3, 0.4) is 0 Å². The van der Waals surface area contributed by atoms with Gasteiger partial charge < -0.3 is 10.1 Å². The largest absolute Gasteiger partial charge is 0.433 e. The maximum Gasteiger partial charge on any atom is 0.433 e. The highest BCUT2D eigenvalue weighted by Crippen LogP contribution is 2.34. The van der Waals surface area contributed by atoms with E-state index in [0.29, 0.717) is 16.7 Å². The van der Waals surface area contributed by atoms with Gasteiger partial charge >= 0.3 is 6.18 Å². The van der Waals surface area contributed by atoms with Gasteiger partial charge in [0.25, 0.3) is 5.91 Å². The quantitative estimate of drug-likeness (QED) is 0.618. The van der Waals surface area contributed by atoms with E-state index in [1.165, 1.54) is 24.3 Å². The Labute approximate surface area is 178 Å². The molecule has 1 amide bonds. The van der Waals surface area contributed by atoms with Crippen LogP contribution >= 0.6 is 23.2 Å². The summed E-state index contributed by atoms with van der Waals surface area (Å²) in [4.78, 5) is 16.6. The molecule has 0 radical (unpaired) electrons. The number of alkyl halides is 3. The highest BCUT2D eigenvalue weighted by Gasteiger charge is 2.35. The predicted molar refractivity (Wildman–Crippen MR) is 105 cm³/mol. The molecule has 0 saturated carbocycles. The molecule has 11 heteroatoms. The number of hydrogen-bond acceptors (Lipinski definition) is 4. The molecule has 0 spiro atoms. The molecule has 0 bridgehead atoms. The van der Waals surface area contributed by atoms with Crippen molar-refractivity contribution in [3.8, 4) is 11.3 Å². The number of nitrogens with zero attached hydrogens (tertiary/aromatic N) is 3. The van der Waals surface area contributed by atoms with Crippen LogP contribution in [0.15, 0.2) is 30.3 Å². The van der Waals surface area contributed by atoms with Crippen LogP contribution in [0, 0.1) is 0 Å². The molecule has 1 aliphatic rings. The predicted octanol–water partition coefficient (Wildman–Crippen LogP) is 4.63. The number of benzene rings is 1. The number of fused-ring (bicyclic) bond motifs is 1. The Morgan fingerprint density at radius 3 is 2.70 bits per heavy atom. The molecule has 1 fully saturated rings. The van der Waals surface area contributed by atoms with Gasteiger partial charge in [-0.1, -0.05) is 29.3 Å². The van der Waals surface area contributed by atoms with E-state index < -0.39 is 17.8 Å². The second kappa shape index (κ2) is 8.05. The second-order valence-corrected chi connectivity index (χ2v) is 7.61. The first kappa shape index (κ1) is 20.9. The molecule has 0 aliphatic carbocycles. The van der Waals surface area contributed by atoms with Crippen molar-refractivity contribution in [3.63, 3.8) is 0 Å². The van der Waals surface area contributed by atoms with E-state index in [-0.39, 0.29) is 39.7 Å². The van der Waals surface area contributed by atoms with E-state index in [4.69, 9.17) is 27.9 Å². The van der Waals surface area contributed by atoms with Crippen molar-refractivity contribution >= 4 is 34.8 Å². The van der Waals surface area contributed by atoms with Crippen molar-refractivity contribution in [3.05, 3.63) is 51.8 Å². The third kappa shape index (κ3) is 4.23. The second-order valence-electron chi connectivity index (χ2n) is 6.80. The summed E-state index contributed by atoms with van der Waals surface area (Å²) < 4.78 is 47.0. The number of nitrogens with one attached hydrogen (secondary N) is 1. The number of carbonyl (C=O) groups excluding carboxylic acids is 1. The standard InChI is InChI=1S/C19H15Cl2F3N4O2/c20-12-4-3-10(6-13(12)21)14-7-16(19(22,23)24)28-17(26-14)8-15(27-28)18(29)25-9-11-2-1-5-30-11/h3-4,6-8,11H,1-2,5,9H2,(H,25,29)/t11-/m0/s1. The lowest BCUT2D eigenvalue weighted by Gasteiger charge is -2.11. The summed E-state index contributed by atoms with van der Waals surface area (Å²) in [6.45, 7) is 0.895. The van der Waals surface area contributed by atoms with Gasteiger partial charge in [0.2, 0.25) is 0 Å². The summed E-state index contributed by atoms with van der Waals surface area (Å²) in [5, 5.41) is 6.92. The number of rotatable bonds is 4. The Bertz CT molecular complexity index is 1110. The molecule has 3 heterocycles. The van der Waals surface area contributed by atoms with Crippen LogP contribution in [-0.4, -0.2) is 39.8 Å². The van der Waals surface area contributed by atoms with Gasteiger partial charge in [0.15, 0.2) is 17.0 Å². The van der Waals surface area contributed by atoms with Crippen molar-refractivity contribution in [2.45, 2.75) is 25.1 Å². The minimum Gasteiger partial charge on any atom is -0.376 e. The number of hydrogen-bond donors (Lipinski definition) is 1. The normalized spacial score (nSPS) is 16.9. The van der Waals surface area contributed by atoms with Crippen molar-refractivity contribution in [2.75, 3.05) is 13.2 Å². The summed E-state index contributed by atoms with van der Waals surface area (Å²) in [6, 6.07) is 6.47. The Morgan fingerprint density at radius 2 is 2.03 bits per heavy atom. The minimum atomic E-state index is -4.72. The SMILES string of the molecule is O=C(NC[C@@H]1CCCO1)c1cc2nc(-c3ccc(Cl)c(Cl)c3)cc(C(F)(F)F)n2n1. The minimum absolute atomic E-state index is 0.0274. The molecule has 6 nitrogen and oxygen atoms in total. The third-order valence-corrected chi connectivity index (χ3v) is 5.42. The number of aromatic nitrogens is 3. The first-order chi connectivity index (χ1) is 14.2. The van der Waals surface area contributed by atoms with E-state index in [9.17, 15) is 18.0 Å². The molecule has 2 aromatic heterocycles. The molecule has 1 N–H and O–H groups in total. The Hall–Kier alpha value is -2.36. The number of amides is 1. The van der Waals surface area contributed by atoms with Crippen molar-refractivity contribution in [1.82, 2.24) is 19.9 Å². The highest BCUT2D eigenvalue weighted by atomic mass is 35.5. The molecule has 1 aromatic carbocycles. The van der Waals surface area contributed by atoms with Crippen LogP contribution in [0.5, 0.6) is 0 Å². The average Bonchev–Trinajstić information content (AvgIpc) is 3.36. The van der Waals surface area contributed by atoms with Crippen molar-refractivity contribution in [2.24, 2.45) is 0 Å². The lowest BCUT2D eigenvalue weighted by atomic mass is 10.1. The third-order valence-electron chi connectivity index (χ3n) is 4.68. The van der Waals surface area contributed by atoms with Gasteiger partial charge in [-0.2, -0.15) is 18.3 Å². The van der Waals surface area contributed by atoms with Crippen LogP contribution in [0.2, 0.25) is 10.0 Å². The zero-order chi connectivity index (χ0) is 21.5. The van der Waals surface area contributed by atoms with E-state index in [2.05, 4.69) is 15.4 Å². The summed E-state index contributed by atoms with van der Waals surface area (Å²) in [5.41, 5.74) is -0.972. The zero-order valence-electron chi connectivity index (χ0n) is 15.3. The molecule has 158 valence electrons. The summed E-state index contributed by atoms with van der Waals surface area (Å²) in [5.74, 6) is -0.597. The average molecular weight is 459 g/mol. The van der Waals surface area contributed by atoms with E-state index in [1.54, 1.807) is 0 Å². The van der Waals surface area contributed by atoms with E-state index in [1.807, 2.05) is 0 Å². The summed E-state index contributed by atoms with van der Waals surface area (Å²) >= 11 is 11.9. The van der Waals surface area contributed by atoms with Crippen molar-refractivity contribution < 1.29 is 22.7 Å². The van der Waals surface area contributed by atoms with Gasteiger partial charge in [-0.25, -0.2) is 9.50 Å². The van der Waals surface area contributed by atoms with Gasteiger partial charge in [0, 0.05) is 24.8 Å². The lowest BCUT2D eigenvalue weighted by molar-refractivity contribution is -0.142. The van der Waals surface area contributed by atoms with E-state index in [0.717, 1.165) is 18.9 Å². The fraction of sp³-hybridized carbons (Fsp3) is 0.316. The zero-order valence-corrected chi connectivity index (χ0v) is 16.9. The fourth-order valence-corrected chi connectivity index (χ4v) is 3.49. The van der Waals surface area contributed by atoms with Crippen LogP contribution in [0.1, 0.15) is 29.0 Å². The van der Waals surface area contributed by atoms with Crippen LogP contribution in [0.25, 0.3) is 16.9 Å². The van der Waals surface area contributed by atoms with Crippen LogP contribution < -0.4 is 5.32 Å². The molecule has 1 aliphatic heterocycles. The molecule has 1 atom stereocenters. The highest BCUT2D eigenvalue weighted by molar-refractivity contribution is 6.42. The van der Waals surface area contributed by atoms with Gasteiger partial charge in [0.05, 0.1) is 21.8 Å². The van der Waals surface area contributed by atoms with Crippen LogP contribution in [0.4, 0.5) is 13.2 Å². The molecule has 3 aromatic rings.